The zero-order chi connectivity index (χ0) is 25.8. The molecule has 186 valence electrons. The van der Waals surface area contributed by atoms with Crippen molar-refractivity contribution in [2.45, 2.75) is 52.1 Å². The molecule has 1 heterocycles. The Hall–Kier alpha value is -3.24. The number of amides is 1. The number of nitrogens with zero attached hydrogens (tertiary/aromatic N) is 2. The summed E-state index contributed by atoms with van der Waals surface area (Å²) in [6, 6.07) is 8.37. The number of ketones is 1. The van der Waals surface area contributed by atoms with Crippen molar-refractivity contribution in [3.63, 3.8) is 0 Å². The summed E-state index contributed by atoms with van der Waals surface area (Å²) in [6.07, 6.45) is -0.467. The minimum atomic E-state index is -2.25. The third-order valence-electron chi connectivity index (χ3n) is 5.36. The molecule has 0 bridgehead atoms. The monoisotopic (exact) mass is 501 g/mol. The Bertz CT molecular complexity index is 1180. The summed E-state index contributed by atoms with van der Waals surface area (Å²) < 4.78 is 39.8. The van der Waals surface area contributed by atoms with Crippen molar-refractivity contribution >= 4 is 25.0 Å². The zero-order valence-electron chi connectivity index (χ0n) is 20.4. The normalized spacial score (nSPS) is 12.4. The second-order valence-corrected chi connectivity index (χ2v) is 14.4. The van der Waals surface area contributed by atoms with Crippen LogP contribution < -0.4 is 10.5 Å². The zero-order valence-corrected chi connectivity index (χ0v) is 21.4. The van der Waals surface area contributed by atoms with Gasteiger partial charge in [0, 0.05) is 25.6 Å². The van der Waals surface area contributed by atoms with Crippen LogP contribution >= 0.6 is 0 Å². The molecular weight excluding hydrogens is 472 g/mol. The van der Waals surface area contributed by atoms with Crippen LogP contribution in [0.15, 0.2) is 40.8 Å². The lowest BCUT2D eigenvalue weighted by Gasteiger charge is -2.21. The second-order valence-electron chi connectivity index (χ2n) is 9.39. The standard InChI is InChI=1S/C25H29F2N3O4Si/c1-15-29-30-23(34-15)13-22(32)28-24(18-8-6-16(7-9-18)14-33-2)21(31)12-17-10-19(26)25(20(27)11-17)35(3,4)5/h6-11,24H,12-14H2,1-5H3,(H,28,32)/t24-/m1/s1. The maximum Gasteiger partial charge on any atom is 0.230 e. The number of methoxy groups -OCH3 is 1. The number of hydrogen-bond acceptors (Lipinski definition) is 6. The molecule has 10 heteroatoms. The van der Waals surface area contributed by atoms with Gasteiger partial charge in [-0.3, -0.25) is 9.59 Å². The predicted octanol–water partition coefficient (Wildman–Crippen LogP) is 3.56. The number of Topliss-reactive ketones (excluding diaryl/α,β-unsaturated/α-hetero) is 1. The molecule has 35 heavy (non-hydrogen) atoms. The topological polar surface area (TPSA) is 94.3 Å². The Balaban J connectivity index is 1.86. The number of carbonyl (C=O) groups is 2. The molecule has 1 atom stereocenters. The van der Waals surface area contributed by atoms with Crippen LogP contribution in [0.25, 0.3) is 0 Å². The highest BCUT2D eigenvalue weighted by Crippen LogP contribution is 2.20. The first kappa shape index (κ1) is 26.4. The quantitative estimate of drug-likeness (QED) is 0.427. The third kappa shape index (κ3) is 6.89. The van der Waals surface area contributed by atoms with E-state index in [2.05, 4.69) is 15.5 Å². The lowest BCUT2D eigenvalue weighted by atomic mass is 9.96. The maximum absolute atomic E-state index is 14.7. The van der Waals surface area contributed by atoms with Crippen LogP contribution in [0.4, 0.5) is 8.78 Å². The van der Waals surface area contributed by atoms with Gasteiger partial charge in [-0.1, -0.05) is 43.9 Å². The van der Waals surface area contributed by atoms with Crippen LogP contribution in [0, 0.1) is 18.6 Å². The molecule has 0 unspecified atom stereocenters. The summed E-state index contributed by atoms with van der Waals surface area (Å²) in [5.41, 5.74) is 1.63. The summed E-state index contributed by atoms with van der Waals surface area (Å²) in [4.78, 5) is 26.0. The summed E-state index contributed by atoms with van der Waals surface area (Å²) >= 11 is 0. The first-order chi connectivity index (χ1) is 16.5. The first-order valence-corrected chi connectivity index (χ1v) is 14.6. The van der Waals surface area contributed by atoms with Gasteiger partial charge >= 0.3 is 0 Å². The Kier molecular flexibility index (Phi) is 8.29. The fourth-order valence-corrected chi connectivity index (χ4v) is 5.41. The van der Waals surface area contributed by atoms with Gasteiger partial charge < -0.3 is 14.5 Å². The van der Waals surface area contributed by atoms with E-state index in [9.17, 15) is 18.4 Å². The molecule has 1 amide bonds. The van der Waals surface area contributed by atoms with E-state index in [1.165, 1.54) is 12.1 Å². The Morgan fingerprint density at radius 2 is 1.66 bits per heavy atom. The van der Waals surface area contributed by atoms with Gasteiger partial charge in [-0.05, 0) is 28.8 Å². The van der Waals surface area contributed by atoms with Gasteiger partial charge in [-0.25, -0.2) is 8.78 Å². The first-order valence-electron chi connectivity index (χ1n) is 11.1. The molecule has 2 aromatic carbocycles. The van der Waals surface area contributed by atoms with Crippen molar-refractivity contribution in [1.82, 2.24) is 15.5 Å². The fraction of sp³-hybridized carbons (Fsp3) is 0.360. The van der Waals surface area contributed by atoms with Crippen LogP contribution in [0.3, 0.4) is 0 Å². The van der Waals surface area contributed by atoms with E-state index in [1.54, 1.807) is 38.3 Å². The number of nitrogens with one attached hydrogen (secondary N) is 1. The van der Waals surface area contributed by atoms with Gasteiger partial charge in [-0.2, -0.15) is 0 Å². The van der Waals surface area contributed by atoms with Gasteiger partial charge in [0.25, 0.3) is 0 Å². The highest BCUT2D eigenvalue weighted by atomic mass is 28.3. The second kappa shape index (κ2) is 11.0. The van der Waals surface area contributed by atoms with E-state index in [1.807, 2.05) is 19.6 Å². The number of aromatic nitrogens is 2. The fourth-order valence-electron chi connectivity index (χ4n) is 3.83. The molecule has 0 spiro atoms. The molecule has 0 saturated heterocycles. The van der Waals surface area contributed by atoms with Crippen molar-refractivity contribution in [2.75, 3.05) is 7.11 Å². The molecule has 1 N–H and O–H groups in total. The van der Waals surface area contributed by atoms with E-state index in [-0.39, 0.29) is 29.5 Å². The summed E-state index contributed by atoms with van der Waals surface area (Å²) in [7, 11) is -0.677. The van der Waals surface area contributed by atoms with Crippen LogP contribution in [0.5, 0.6) is 0 Å². The molecule has 0 aliphatic heterocycles. The van der Waals surface area contributed by atoms with E-state index >= 15 is 0 Å². The summed E-state index contributed by atoms with van der Waals surface area (Å²) in [5.74, 6) is -1.78. The lowest BCUT2D eigenvalue weighted by molar-refractivity contribution is -0.127. The smallest absolute Gasteiger partial charge is 0.230 e. The van der Waals surface area contributed by atoms with Crippen molar-refractivity contribution in [3.8, 4) is 0 Å². The molecule has 7 nitrogen and oxygen atoms in total. The van der Waals surface area contributed by atoms with Gasteiger partial charge in [-0.15, -0.1) is 10.2 Å². The predicted molar refractivity (Wildman–Crippen MR) is 129 cm³/mol. The van der Waals surface area contributed by atoms with Crippen molar-refractivity contribution in [2.24, 2.45) is 0 Å². The molecular formula is C25H29F2N3O4Si. The van der Waals surface area contributed by atoms with Crippen molar-refractivity contribution in [3.05, 3.63) is 76.5 Å². The third-order valence-corrected chi connectivity index (χ3v) is 7.34. The molecule has 0 aliphatic carbocycles. The highest BCUT2D eigenvalue weighted by molar-refractivity contribution is 6.88. The Labute approximate surface area is 203 Å². The average molecular weight is 502 g/mol. The molecule has 0 fully saturated rings. The SMILES string of the molecule is COCc1ccc([C@@H](NC(=O)Cc2nnc(C)o2)C(=O)Cc2cc(F)c([Si](C)(C)C)c(F)c2)cc1. The van der Waals surface area contributed by atoms with E-state index in [0.717, 1.165) is 5.56 Å². The number of halogens is 2. The Morgan fingerprint density at radius 1 is 1.03 bits per heavy atom. The molecule has 0 saturated carbocycles. The van der Waals surface area contributed by atoms with Gasteiger partial charge in [0.2, 0.25) is 17.7 Å². The number of benzene rings is 2. The van der Waals surface area contributed by atoms with Gasteiger partial charge in [0.15, 0.2) is 5.78 Å². The van der Waals surface area contributed by atoms with Crippen molar-refractivity contribution in [1.29, 1.82) is 0 Å². The number of hydrogen-bond donors (Lipinski definition) is 1. The summed E-state index contributed by atoms with van der Waals surface area (Å²) in [5, 5.41) is 10.3. The number of aryl methyl sites for hydroxylation is 1. The minimum absolute atomic E-state index is 0.0992. The highest BCUT2D eigenvalue weighted by Gasteiger charge is 2.28. The summed E-state index contributed by atoms with van der Waals surface area (Å²) in [6.45, 7) is 7.55. The minimum Gasteiger partial charge on any atom is -0.425 e. The number of carbonyl (C=O) groups excluding carboxylic acids is 2. The average Bonchev–Trinajstić information content (AvgIpc) is 3.15. The van der Waals surface area contributed by atoms with Gasteiger partial charge in [0.05, 0.1) is 14.7 Å². The molecule has 0 radical (unpaired) electrons. The largest absolute Gasteiger partial charge is 0.425 e. The number of rotatable bonds is 10. The molecule has 1 aromatic heterocycles. The van der Waals surface area contributed by atoms with Crippen LogP contribution in [0.2, 0.25) is 19.6 Å². The molecule has 3 rings (SSSR count). The number of ether oxygens (including phenoxy) is 1. The van der Waals surface area contributed by atoms with Crippen LogP contribution in [0.1, 0.15) is 34.5 Å². The van der Waals surface area contributed by atoms with Crippen molar-refractivity contribution < 1.29 is 27.5 Å². The van der Waals surface area contributed by atoms with Crippen LogP contribution in [-0.2, 0) is 33.8 Å². The Morgan fingerprint density at radius 3 is 2.17 bits per heavy atom. The van der Waals surface area contributed by atoms with E-state index in [4.69, 9.17) is 9.15 Å². The maximum atomic E-state index is 14.7. The lowest BCUT2D eigenvalue weighted by Crippen LogP contribution is -2.42. The van der Waals surface area contributed by atoms with E-state index < -0.39 is 37.4 Å². The molecule has 0 aliphatic rings. The van der Waals surface area contributed by atoms with Gasteiger partial charge in [0.1, 0.15) is 24.1 Å². The van der Waals surface area contributed by atoms with Crippen LogP contribution in [-0.4, -0.2) is 37.1 Å². The molecule has 3 aromatic rings. The van der Waals surface area contributed by atoms with E-state index in [0.29, 0.717) is 18.1 Å².